The number of aromatic nitrogens is 2. The third-order valence-corrected chi connectivity index (χ3v) is 3.86. The van der Waals surface area contributed by atoms with E-state index in [-0.39, 0.29) is 0 Å². The highest BCUT2D eigenvalue weighted by Gasteiger charge is 2.13. The van der Waals surface area contributed by atoms with Gasteiger partial charge in [-0.05, 0) is 42.8 Å². The lowest BCUT2D eigenvalue weighted by atomic mass is 10.2. The standard InChI is InChI=1S/C20H20N2O4.H3O4P/c1-4-26-16-10-8-13(12-17(16)24-2)9-11-18-21-15-7-5-6-14(19(15)22-18)20(23)25-3;1-5(2,3)4/h5-12H,4H2,1-3H3,(H,21,22);(H3,1,2,3,4)/b11-9+;. The van der Waals surface area contributed by atoms with Gasteiger partial charge in [0, 0.05) is 0 Å². The first-order valence-corrected chi connectivity index (χ1v) is 10.6. The highest BCUT2D eigenvalue weighted by Crippen LogP contribution is 2.29. The molecule has 0 fully saturated rings. The Bertz CT molecular complexity index is 1110. The minimum absolute atomic E-state index is 0.408. The molecule has 11 heteroatoms. The van der Waals surface area contributed by atoms with Crippen LogP contribution in [0.4, 0.5) is 0 Å². The van der Waals surface area contributed by atoms with Gasteiger partial charge in [-0.3, -0.25) is 0 Å². The Morgan fingerprint density at radius 3 is 2.45 bits per heavy atom. The molecule has 0 aliphatic heterocycles. The molecule has 3 aromatic rings. The molecule has 1 aromatic heterocycles. The van der Waals surface area contributed by atoms with Crippen LogP contribution in [0, 0.1) is 0 Å². The number of H-pyrrole nitrogens is 1. The van der Waals surface area contributed by atoms with Crippen LogP contribution in [-0.4, -0.2) is 51.4 Å². The Kier molecular flexibility index (Phi) is 8.35. The molecule has 4 N–H and O–H groups in total. The van der Waals surface area contributed by atoms with Crippen molar-refractivity contribution in [3.05, 3.63) is 53.3 Å². The van der Waals surface area contributed by atoms with Gasteiger partial charge in [0.15, 0.2) is 11.5 Å². The molecule has 0 aliphatic carbocycles. The summed E-state index contributed by atoms with van der Waals surface area (Å²) < 4.78 is 24.6. The van der Waals surface area contributed by atoms with E-state index in [0.29, 0.717) is 35.0 Å². The maximum absolute atomic E-state index is 11.9. The Hall–Kier alpha value is -3.17. The largest absolute Gasteiger partial charge is 0.493 e. The van der Waals surface area contributed by atoms with E-state index in [4.69, 9.17) is 33.5 Å². The topological polar surface area (TPSA) is 151 Å². The van der Waals surface area contributed by atoms with E-state index in [0.717, 1.165) is 11.1 Å². The van der Waals surface area contributed by atoms with E-state index in [1.807, 2.05) is 43.3 Å². The lowest BCUT2D eigenvalue weighted by Crippen LogP contribution is -2.01. The number of methoxy groups -OCH3 is 2. The number of hydrogen-bond acceptors (Lipinski definition) is 6. The molecule has 1 heterocycles. The van der Waals surface area contributed by atoms with Crippen LogP contribution in [0.5, 0.6) is 11.5 Å². The van der Waals surface area contributed by atoms with Gasteiger partial charge in [-0.2, -0.15) is 0 Å². The average molecular weight is 450 g/mol. The number of aromatic amines is 1. The minimum Gasteiger partial charge on any atom is -0.493 e. The van der Waals surface area contributed by atoms with Crippen LogP contribution in [0.15, 0.2) is 36.4 Å². The molecule has 3 rings (SSSR count). The lowest BCUT2D eigenvalue weighted by molar-refractivity contribution is 0.0602. The molecule has 0 unspecified atom stereocenters. The van der Waals surface area contributed by atoms with Crippen molar-refractivity contribution in [3.63, 3.8) is 0 Å². The zero-order valence-electron chi connectivity index (χ0n) is 17.1. The number of ether oxygens (including phenoxy) is 3. The monoisotopic (exact) mass is 450 g/mol. The molecular weight excluding hydrogens is 427 g/mol. The second-order valence-corrected chi connectivity index (χ2v) is 7.03. The van der Waals surface area contributed by atoms with Crippen LogP contribution in [0.1, 0.15) is 28.7 Å². The Morgan fingerprint density at radius 2 is 1.84 bits per heavy atom. The van der Waals surface area contributed by atoms with Gasteiger partial charge in [-0.15, -0.1) is 0 Å². The quantitative estimate of drug-likeness (QED) is 0.328. The number of esters is 1. The fraction of sp³-hybridized carbons (Fsp3) is 0.200. The SMILES string of the molecule is CCOc1ccc(/C=C/c2nc3c(C(=O)OC)cccc3[nH]2)cc1OC.O=P(O)(O)O. The zero-order valence-corrected chi connectivity index (χ0v) is 18.0. The molecule has 0 amide bonds. The maximum Gasteiger partial charge on any atom is 0.466 e. The number of fused-ring (bicyclic) bond motifs is 1. The second-order valence-electron chi connectivity index (χ2n) is 6.01. The van der Waals surface area contributed by atoms with Gasteiger partial charge in [-0.25, -0.2) is 14.3 Å². The van der Waals surface area contributed by atoms with Crippen LogP contribution in [0.2, 0.25) is 0 Å². The number of nitrogens with zero attached hydrogens (tertiary/aromatic N) is 1. The highest BCUT2D eigenvalue weighted by molar-refractivity contribution is 7.45. The van der Waals surface area contributed by atoms with E-state index in [1.165, 1.54) is 7.11 Å². The average Bonchev–Trinajstić information content (AvgIpc) is 3.14. The fourth-order valence-electron chi connectivity index (χ4n) is 2.64. The van der Waals surface area contributed by atoms with Crippen LogP contribution < -0.4 is 9.47 Å². The van der Waals surface area contributed by atoms with E-state index in [9.17, 15) is 4.79 Å². The van der Waals surface area contributed by atoms with E-state index >= 15 is 0 Å². The van der Waals surface area contributed by atoms with Crippen molar-refractivity contribution >= 4 is 37.0 Å². The van der Waals surface area contributed by atoms with Crippen molar-refractivity contribution < 1.29 is 38.3 Å². The lowest BCUT2D eigenvalue weighted by Gasteiger charge is -2.09. The molecule has 0 saturated heterocycles. The second kappa shape index (κ2) is 10.7. The van der Waals surface area contributed by atoms with Crippen LogP contribution >= 0.6 is 7.82 Å². The van der Waals surface area contributed by atoms with Gasteiger partial charge in [0.25, 0.3) is 0 Å². The maximum atomic E-state index is 11.9. The van der Waals surface area contributed by atoms with Crippen molar-refractivity contribution in [2.45, 2.75) is 6.92 Å². The highest BCUT2D eigenvalue weighted by atomic mass is 31.2. The number of para-hydroxylation sites is 1. The predicted octanol–water partition coefficient (Wildman–Crippen LogP) is 3.00. The van der Waals surface area contributed by atoms with Crippen LogP contribution in [0.3, 0.4) is 0 Å². The molecule has 0 bridgehead atoms. The summed E-state index contributed by atoms with van der Waals surface area (Å²) in [5, 5.41) is 0. The number of carbonyl (C=O) groups excluding carboxylic acids is 1. The first-order valence-electron chi connectivity index (χ1n) is 9.00. The van der Waals surface area contributed by atoms with Gasteiger partial charge in [0.1, 0.15) is 11.3 Å². The van der Waals surface area contributed by atoms with E-state index < -0.39 is 13.8 Å². The van der Waals surface area contributed by atoms with Gasteiger partial charge >= 0.3 is 13.8 Å². The summed E-state index contributed by atoms with van der Waals surface area (Å²) in [6, 6.07) is 11.1. The summed E-state index contributed by atoms with van der Waals surface area (Å²) >= 11 is 0. The first kappa shape index (κ1) is 24.1. The number of carbonyl (C=O) groups is 1. The smallest absolute Gasteiger partial charge is 0.466 e. The third-order valence-electron chi connectivity index (χ3n) is 3.86. The predicted molar refractivity (Wildman–Crippen MR) is 115 cm³/mol. The molecule has 10 nitrogen and oxygen atoms in total. The van der Waals surface area contributed by atoms with Crippen molar-refractivity contribution in [3.8, 4) is 11.5 Å². The van der Waals surface area contributed by atoms with Crippen molar-refractivity contribution in [1.82, 2.24) is 9.97 Å². The van der Waals surface area contributed by atoms with E-state index in [2.05, 4.69) is 9.97 Å². The molecule has 2 aromatic carbocycles. The summed E-state index contributed by atoms with van der Waals surface area (Å²) in [5.74, 6) is 1.61. The molecular formula is C20H23N2O8P. The molecule has 31 heavy (non-hydrogen) atoms. The number of phosphoric acid groups is 1. The number of nitrogens with one attached hydrogen (secondary N) is 1. The number of benzene rings is 2. The van der Waals surface area contributed by atoms with Crippen LogP contribution in [-0.2, 0) is 9.30 Å². The number of hydrogen-bond donors (Lipinski definition) is 4. The zero-order chi connectivity index (χ0) is 23.0. The third kappa shape index (κ3) is 7.23. The first-order chi connectivity index (χ1) is 14.7. The van der Waals surface area contributed by atoms with E-state index in [1.54, 1.807) is 19.2 Å². The molecule has 0 spiro atoms. The summed E-state index contributed by atoms with van der Waals surface area (Å²) in [6.45, 7) is 2.50. The van der Waals surface area contributed by atoms with Crippen molar-refractivity contribution in [2.75, 3.05) is 20.8 Å². The summed E-state index contributed by atoms with van der Waals surface area (Å²) in [6.07, 6.45) is 3.75. The Balaban J connectivity index is 0.000000614. The van der Waals surface area contributed by atoms with Gasteiger partial charge < -0.3 is 33.9 Å². The number of imidazole rings is 1. The normalized spacial score (nSPS) is 11.2. The number of rotatable bonds is 6. The summed E-state index contributed by atoms with van der Waals surface area (Å²) in [4.78, 5) is 41.1. The van der Waals surface area contributed by atoms with Crippen LogP contribution in [0.25, 0.3) is 23.2 Å². The fourth-order valence-corrected chi connectivity index (χ4v) is 2.64. The molecule has 0 atom stereocenters. The van der Waals surface area contributed by atoms with Crippen molar-refractivity contribution in [1.29, 1.82) is 0 Å². The molecule has 0 radical (unpaired) electrons. The molecule has 0 aliphatic rings. The van der Waals surface area contributed by atoms with Gasteiger partial charge in [-0.1, -0.05) is 18.2 Å². The Morgan fingerprint density at radius 1 is 1.13 bits per heavy atom. The molecule has 0 saturated carbocycles. The summed E-state index contributed by atoms with van der Waals surface area (Å²) in [7, 11) is -1.67. The van der Waals surface area contributed by atoms with Gasteiger partial charge in [0.05, 0.1) is 31.9 Å². The Labute approximate surface area is 178 Å². The minimum atomic E-state index is -4.64. The summed E-state index contributed by atoms with van der Waals surface area (Å²) in [5.41, 5.74) is 2.74. The van der Waals surface area contributed by atoms with Gasteiger partial charge in [0.2, 0.25) is 0 Å². The molecule has 166 valence electrons. The van der Waals surface area contributed by atoms with Crippen molar-refractivity contribution in [2.24, 2.45) is 0 Å².